The van der Waals surface area contributed by atoms with E-state index >= 15 is 0 Å². The standard InChI is InChI=1S/C29H25BrN2O3/c1-29(2,3)19-11-9-17(10-12-19)28-32-23-16-20(13-14-24(23)35-28)31-27(33)22-15-18-7-5-6-8-21(18)25(30)26(22)34-4/h5-16H,1-4H3,(H,31,33). The molecule has 0 bridgehead atoms. The van der Waals surface area contributed by atoms with Gasteiger partial charge in [0, 0.05) is 11.3 Å². The highest BCUT2D eigenvalue weighted by Crippen LogP contribution is 2.37. The number of anilines is 1. The highest BCUT2D eigenvalue weighted by molar-refractivity contribution is 9.10. The predicted molar refractivity (Wildman–Crippen MR) is 144 cm³/mol. The summed E-state index contributed by atoms with van der Waals surface area (Å²) < 4.78 is 12.3. The normalized spacial score (nSPS) is 11.7. The fourth-order valence-corrected chi connectivity index (χ4v) is 4.83. The van der Waals surface area contributed by atoms with E-state index in [9.17, 15) is 4.79 Å². The van der Waals surface area contributed by atoms with Crippen molar-refractivity contribution < 1.29 is 13.9 Å². The zero-order valence-corrected chi connectivity index (χ0v) is 21.6. The predicted octanol–water partition coefficient (Wildman–Crippen LogP) is 7.97. The number of nitrogens with zero attached hydrogens (tertiary/aromatic N) is 1. The maximum Gasteiger partial charge on any atom is 0.259 e. The summed E-state index contributed by atoms with van der Waals surface area (Å²) in [5.74, 6) is 0.767. The van der Waals surface area contributed by atoms with E-state index < -0.39 is 0 Å². The van der Waals surface area contributed by atoms with Crippen LogP contribution in [0, 0.1) is 0 Å². The first kappa shape index (κ1) is 23.1. The van der Waals surface area contributed by atoms with E-state index in [1.807, 2.05) is 54.6 Å². The van der Waals surface area contributed by atoms with Gasteiger partial charge in [0.15, 0.2) is 5.58 Å². The molecule has 0 atom stereocenters. The number of oxazole rings is 1. The minimum absolute atomic E-state index is 0.0796. The van der Waals surface area contributed by atoms with Crippen LogP contribution in [0.1, 0.15) is 36.7 Å². The van der Waals surface area contributed by atoms with Gasteiger partial charge in [-0.05, 0) is 74.1 Å². The van der Waals surface area contributed by atoms with Crippen molar-refractivity contribution in [3.8, 4) is 17.2 Å². The average molecular weight is 529 g/mol. The number of hydrogen-bond acceptors (Lipinski definition) is 4. The summed E-state index contributed by atoms with van der Waals surface area (Å²) in [7, 11) is 1.56. The highest BCUT2D eigenvalue weighted by Gasteiger charge is 2.19. The molecule has 0 unspecified atom stereocenters. The monoisotopic (exact) mass is 528 g/mol. The molecule has 0 saturated carbocycles. The quantitative estimate of drug-likeness (QED) is 0.257. The second kappa shape index (κ2) is 8.86. The molecule has 5 aromatic rings. The van der Waals surface area contributed by atoms with Crippen molar-refractivity contribution in [3.05, 3.63) is 88.4 Å². The van der Waals surface area contributed by atoms with Crippen LogP contribution in [0.25, 0.3) is 33.3 Å². The number of nitrogens with one attached hydrogen (secondary N) is 1. The summed E-state index contributed by atoms with van der Waals surface area (Å²) in [5, 5.41) is 4.89. The Balaban J connectivity index is 1.44. The number of halogens is 1. The molecule has 6 heteroatoms. The molecular weight excluding hydrogens is 504 g/mol. The zero-order valence-electron chi connectivity index (χ0n) is 20.0. The maximum atomic E-state index is 13.2. The Morgan fingerprint density at radius 1 is 1.00 bits per heavy atom. The van der Waals surface area contributed by atoms with Gasteiger partial charge in [-0.2, -0.15) is 0 Å². The number of aromatic nitrogens is 1. The van der Waals surface area contributed by atoms with Crippen molar-refractivity contribution in [2.24, 2.45) is 0 Å². The minimum atomic E-state index is -0.269. The highest BCUT2D eigenvalue weighted by atomic mass is 79.9. The van der Waals surface area contributed by atoms with Crippen LogP contribution in [-0.4, -0.2) is 18.0 Å². The van der Waals surface area contributed by atoms with Gasteiger partial charge < -0.3 is 14.5 Å². The lowest BCUT2D eigenvalue weighted by molar-refractivity contribution is 0.102. The Morgan fingerprint density at radius 3 is 2.46 bits per heavy atom. The molecule has 4 aromatic carbocycles. The van der Waals surface area contributed by atoms with Gasteiger partial charge in [0.1, 0.15) is 11.3 Å². The topological polar surface area (TPSA) is 64.4 Å². The molecule has 0 radical (unpaired) electrons. The zero-order chi connectivity index (χ0) is 24.7. The van der Waals surface area contributed by atoms with Crippen molar-refractivity contribution in [1.29, 1.82) is 0 Å². The molecule has 1 N–H and O–H groups in total. The molecule has 0 aliphatic rings. The summed E-state index contributed by atoms with van der Waals surface area (Å²) in [5.41, 5.74) is 4.63. The van der Waals surface area contributed by atoms with Gasteiger partial charge in [0.05, 0.1) is 17.1 Å². The molecule has 5 rings (SSSR count). The van der Waals surface area contributed by atoms with Gasteiger partial charge in [-0.1, -0.05) is 57.2 Å². The number of fused-ring (bicyclic) bond motifs is 2. The van der Waals surface area contributed by atoms with Gasteiger partial charge >= 0.3 is 0 Å². The van der Waals surface area contributed by atoms with Gasteiger partial charge in [-0.3, -0.25) is 4.79 Å². The van der Waals surface area contributed by atoms with E-state index in [4.69, 9.17) is 9.15 Å². The second-order valence-electron chi connectivity index (χ2n) is 9.48. The largest absolute Gasteiger partial charge is 0.495 e. The van der Waals surface area contributed by atoms with Crippen molar-refractivity contribution in [1.82, 2.24) is 4.98 Å². The number of ether oxygens (including phenoxy) is 1. The van der Waals surface area contributed by atoms with E-state index in [2.05, 4.69) is 59.1 Å². The number of carbonyl (C=O) groups excluding carboxylic acids is 1. The lowest BCUT2D eigenvalue weighted by Gasteiger charge is -2.18. The van der Waals surface area contributed by atoms with E-state index in [1.165, 1.54) is 5.56 Å². The summed E-state index contributed by atoms with van der Waals surface area (Å²) in [4.78, 5) is 17.9. The van der Waals surface area contributed by atoms with Crippen LogP contribution in [0.4, 0.5) is 5.69 Å². The third-order valence-electron chi connectivity index (χ3n) is 6.03. The molecule has 0 spiro atoms. The molecule has 176 valence electrons. The fraction of sp³-hybridized carbons (Fsp3) is 0.172. The molecular formula is C29H25BrN2O3. The minimum Gasteiger partial charge on any atom is -0.495 e. The Kier molecular flexibility index (Phi) is 5.85. The van der Waals surface area contributed by atoms with Crippen molar-refractivity contribution in [2.75, 3.05) is 12.4 Å². The lowest BCUT2D eigenvalue weighted by Crippen LogP contribution is -2.13. The number of rotatable bonds is 4. The Bertz CT molecular complexity index is 1560. The summed E-state index contributed by atoms with van der Waals surface area (Å²) in [6.07, 6.45) is 0. The molecule has 0 aliphatic heterocycles. The van der Waals surface area contributed by atoms with Crippen LogP contribution in [0.3, 0.4) is 0 Å². The van der Waals surface area contributed by atoms with Crippen molar-refractivity contribution in [3.63, 3.8) is 0 Å². The summed E-state index contributed by atoms with van der Waals surface area (Å²) >= 11 is 3.59. The number of amides is 1. The van der Waals surface area contributed by atoms with Crippen LogP contribution in [0.2, 0.25) is 0 Å². The third-order valence-corrected chi connectivity index (χ3v) is 6.82. The molecule has 1 amide bonds. The molecule has 0 saturated heterocycles. The SMILES string of the molecule is COc1c(C(=O)Nc2ccc3oc(-c4ccc(C(C)(C)C)cc4)nc3c2)cc2ccccc2c1Br. The Hall–Kier alpha value is -3.64. The Labute approximate surface area is 212 Å². The van der Waals surface area contributed by atoms with Crippen LogP contribution in [0.15, 0.2) is 81.7 Å². The summed E-state index contributed by atoms with van der Waals surface area (Å²) in [6.45, 7) is 6.55. The van der Waals surface area contributed by atoms with Gasteiger partial charge in [0.25, 0.3) is 5.91 Å². The van der Waals surface area contributed by atoms with Crippen LogP contribution < -0.4 is 10.1 Å². The average Bonchev–Trinajstić information content (AvgIpc) is 3.27. The number of methoxy groups -OCH3 is 1. The van der Waals surface area contributed by atoms with Crippen molar-refractivity contribution >= 4 is 49.4 Å². The first-order chi connectivity index (χ1) is 16.7. The van der Waals surface area contributed by atoms with Crippen LogP contribution in [0.5, 0.6) is 5.75 Å². The van der Waals surface area contributed by atoms with E-state index in [-0.39, 0.29) is 11.3 Å². The van der Waals surface area contributed by atoms with Crippen LogP contribution >= 0.6 is 15.9 Å². The van der Waals surface area contributed by atoms with Gasteiger partial charge in [-0.25, -0.2) is 4.98 Å². The van der Waals surface area contributed by atoms with Gasteiger partial charge in [-0.15, -0.1) is 0 Å². The Morgan fingerprint density at radius 2 is 1.74 bits per heavy atom. The van der Waals surface area contributed by atoms with Crippen molar-refractivity contribution in [2.45, 2.75) is 26.2 Å². The molecule has 1 heterocycles. The van der Waals surface area contributed by atoms with E-state index in [1.54, 1.807) is 13.2 Å². The molecule has 1 aromatic heterocycles. The maximum absolute atomic E-state index is 13.2. The van der Waals surface area contributed by atoms with E-state index in [0.29, 0.717) is 34.0 Å². The third kappa shape index (κ3) is 4.42. The van der Waals surface area contributed by atoms with Crippen LogP contribution in [-0.2, 0) is 5.41 Å². The molecule has 35 heavy (non-hydrogen) atoms. The lowest BCUT2D eigenvalue weighted by atomic mass is 9.87. The number of carbonyl (C=O) groups is 1. The molecule has 0 fully saturated rings. The fourth-order valence-electron chi connectivity index (χ4n) is 4.09. The smallest absolute Gasteiger partial charge is 0.259 e. The molecule has 5 nitrogen and oxygen atoms in total. The first-order valence-electron chi connectivity index (χ1n) is 11.3. The van der Waals surface area contributed by atoms with E-state index in [0.717, 1.165) is 20.8 Å². The van der Waals surface area contributed by atoms with Gasteiger partial charge in [0.2, 0.25) is 5.89 Å². The number of hydrogen-bond donors (Lipinski definition) is 1. The second-order valence-corrected chi connectivity index (χ2v) is 10.3. The molecule has 0 aliphatic carbocycles. The summed E-state index contributed by atoms with van der Waals surface area (Å²) in [6, 6.07) is 23.4. The first-order valence-corrected chi connectivity index (χ1v) is 12.1. The number of benzene rings is 4.